The Morgan fingerprint density at radius 2 is 1.76 bits per heavy atom. The van der Waals surface area contributed by atoms with Gasteiger partial charge in [0.25, 0.3) is 0 Å². The third-order valence-electron chi connectivity index (χ3n) is 3.05. The number of methoxy groups -OCH3 is 3. The van der Waals surface area contributed by atoms with Crippen LogP contribution in [0.15, 0.2) is 12.1 Å². The van der Waals surface area contributed by atoms with Crippen molar-refractivity contribution in [3.05, 3.63) is 17.7 Å². The lowest BCUT2D eigenvalue weighted by atomic mass is 10.1. The Kier molecular flexibility index (Phi) is 5.84. The van der Waals surface area contributed by atoms with Crippen molar-refractivity contribution in [3.63, 3.8) is 0 Å². The fourth-order valence-corrected chi connectivity index (χ4v) is 1.90. The molecule has 6 heteroatoms. The van der Waals surface area contributed by atoms with Gasteiger partial charge >= 0.3 is 0 Å². The summed E-state index contributed by atoms with van der Waals surface area (Å²) in [4.78, 5) is 11.7. The average Bonchev–Trinajstić information content (AvgIpc) is 2.45. The van der Waals surface area contributed by atoms with Crippen molar-refractivity contribution in [2.75, 3.05) is 27.9 Å². The molecule has 0 heterocycles. The average molecular weight is 296 g/mol. The van der Waals surface area contributed by atoms with Gasteiger partial charge in [-0.05, 0) is 26.3 Å². The van der Waals surface area contributed by atoms with Crippen LogP contribution in [0.4, 0.5) is 0 Å². The molecule has 1 amide bonds. The minimum atomic E-state index is -0.887. The number of rotatable bonds is 7. The topological polar surface area (TPSA) is 82.8 Å². The standard InChI is InChI=1S/C15H24N2O4/c1-15(2,16)14(18)17-9-8-10-6-7-11(19-3)13(21-5)12(10)20-4/h6-7H,8-9,16H2,1-5H3,(H,17,18). The van der Waals surface area contributed by atoms with Crippen molar-refractivity contribution in [1.29, 1.82) is 0 Å². The van der Waals surface area contributed by atoms with Gasteiger partial charge in [0.05, 0.1) is 26.9 Å². The molecule has 1 aromatic carbocycles. The molecular formula is C15H24N2O4. The van der Waals surface area contributed by atoms with Crippen LogP contribution in [0.5, 0.6) is 17.2 Å². The van der Waals surface area contributed by atoms with Crippen LogP contribution in [-0.4, -0.2) is 39.3 Å². The van der Waals surface area contributed by atoms with Crippen LogP contribution in [0.25, 0.3) is 0 Å². The molecule has 1 aromatic rings. The Bertz CT molecular complexity index is 495. The summed E-state index contributed by atoms with van der Waals surface area (Å²) in [5.74, 6) is 1.56. The van der Waals surface area contributed by atoms with E-state index in [4.69, 9.17) is 19.9 Å². The third kappa shape index (κ3) is 4.26. The van der Waals surface area contributed by atoms with E-state index in [0.717, 1.165) is 5.56 Å². The molecule has 0 saturated carbocycles. The highest BCUT2D eigenvalue weighted by atomic mass is 16.5. The SMILES string of the molecule is COc1ccc(CCNC(=O)C(C)(C)N)c(OC)c1OC. The van der Waals surface area contributed by atoms with Crippen molar-refractivity contribution in [2.24, 2.45) is 5.73 Å². The second-order valence-electron chi connectivity index (χ2n) is 5.22. The van der Waals surface area contributed by atoms with Crippen molar-refractivity contribution >= 4 is 5.91 Å². The summed E-state index contributed by atoms with van der Waals surface area (Å²) < 4.78 is 15.9. The number of hydrogen-bond acceptors (Lipinski definition) is 5. The molecule has 0 aromatic heterocycles. The molecule has 0 aliphatic carbocycles. The maximum Gasteiger partial charge on any atom is 0.239 e. The van der Waals surface area contributed by atoms with Crippen LogP contribution < -0.4 is 25.3 Å². The molecule has 0 fully saturated rings. The number of carbonyl (C=O) groups excluding carboxylic acids is 1. The molecule has 0 spiro atoms. The number of nitrogens with one attached hydrogen (secondary N) is 1. The Balaban J connectivity index is 2.82. The lowest BCUT2D eigenvalue weighted by molar-refractivity contribution is -0.125. The highest BCUT2D eigenvalue weighted by Gasteiger charge is 2.21. The molecule has 0 radical (unpaired) electrons. The molecule has 0 aliphatic heterocycles. The Morgan fingerprint density at radius 3 is 2.24 bits per heavy atom. The summed E-state index contributed by atoms with van der Waals surface area (Å²) in [6.45, 7) is 3.80. The van der Waals surface area contributed by atoms with E-state index >= 15 is 0 Å². The van der Waals surface area contributed by atoms with Crippen molar-refractivity contribution in [2.45, 2.75) is 25.8 Å². The summed E-state index contributed by atoms with van der Waals surface area (Å²) in [5.41, 5.74) is 5.76. The molecule has 118 valence electrons. The van der Waals surface area contributed by atoms with Gasteiger partial charge in [-0.15, -0.1) is 0 Å². The highest BCUT2D eigenvalue weighted by molar-refractivity contribution is 5.85. The quantitative estimate of drug-likeness (QED) is 0.787. The van der Waals surface area contributed by atoms with Gasteiger partial charge < -0.3 is 25.3 Å². The van der Waals surface area contributed by atoms with Gasteiger partial charge in [-0.3, -0.25) is 4.79 Å². The zero-order valence-corrected chi connectivity index (χ0v) is 13.3. The molecule has 0 aliphatic rings. The normalized spacial score (nSPS) is 11.0. The number of hydrogen-bond donors (Lipinski definition) is 2. The van der Waals surface area contributed by atoms with Crippen LogP contribution in [-0.2, 0) is 11.2 Å². The van der Waals surface area contributed by atoms with E-state index in [1.165, 1.54) is 0 Å². The summed E-state index contributed by atoms with van der Waals surface area (Å²) in [6, 6.07) is 3.70. The Morgan fingerprint density at radius 1 is 1.14 bits per heavy atom. The van der Waals surface area contributed by atoms with Crippen molar-refractivity contribution in [3.8, 4) is 17.2 Å². The van der Waals surface area contributed by atoms with Gasteiger partial charge in [0, 0.05) is 12.1 Å². The van der Waals surface area contributed by atoms with Gasteiger partial charge in [0.1, 0.15) is 0 Å². The molecule has 0 atom stereocenters. The number of ether oxygens (including phenoxy) is 3. The summed E-state index contributed by atoms with van der Waals surface area (Å²) in [7, 11) is 4.70. The fraction of sp³-hybridized carbons (Fsp3) is 0.533. The molecule has 0 bridgehead atoms. The van der Waals surface area contributed by atoms with Crippen LogP contribution in [0.1, 0.15) is 19.4 Å². The zero-order valence-electron chi connectivity index (χ0n) is 13.3. The lowest BCUT2D eigenvalue weighted by Crippen LogP contribution is -2.49. The maximum absolute atomic E-state index is 11.7. The first-order chi connectivity index (χ1) is 9.85. The van der Waals surface area contributed by atoms with Gasteiger partial charge in [0.2, 0.25) is 11.7 Å². The van der Waals surface area contributed by atoms with Crippen LogP contribution in [0.3, 0.4) is 0 Å². The molecular weight excluding hydrogens is 272 g/mol. The smallest absolute Gasteiger partial charge is 0.239 e. The monoisotopic (exact) mass is 296 g/mol. The number of carbonyl (C=O) groups is 1. The van der Waals surface area contributed by atoms with E-state index in [0.29, 0.717) is 30.2 Å². The van der Waals surface area contributed by atoms with Crippen LogP contribution >= 0.6 is 0 Å². The minimum Gasteiger partial charge on any atom is -0.493 e. The Labute approximate surface area is 125 Å². The molecule has 3 N–H and O–H groups in total. The largest absolute Gasteiger partial charge is 0.493 e. The molecule has 1 rings (SSSR count). The zero-order chi connectivity index (χ0) is 16.0. The summed E-state index contributed by atoms with van der Waals surface area (Å²) in [5, 5.41) is 2.80. The molecule has 21 heavy (non-hydrogen) atoms. The Hall–Kier alpha value is -1.95. The summed E-state index contributed by atoms with van der Waals surface area (Å²) >= 11 is 0. The first kappa shape index (κ1) is 17.1. The first-order valence-electron chi connectivity index (χ1n) is 6.70. The van der Waals surface area contributed by atoms with E-state index in [9.17, 15) is 4.79 Å². The molecule has 0 saturated heterocycles. The minimum absolute atomic E-state index is 0.193. The predicted molar refractivity (Wildman–Crippen MR) is 81.1 cm³/mol. The van der Waals surface area contributed by atoms with E-state index in [1.807, 2.05) is 12.1 Å². The van der Waals surface area contributed by atoms with Crippen LogP contribution in [0, 0.1) is 0 Å². The highest BCUT2D eigenvalue weighted by Crippen LogP contribution is 2.39. The van der Waals surface area contributed by atoms with Gasteiger partial charge in [-0.1, -0.05) is 6.07 Å². The number of benzene rings is 1. The van der Waals surface area contributed by atoms with Gasteiger partial charge in [-0.25, -0.2) is 0 Å². The maximum atomic E-state index is 11.7. The number of nitrogens with two attached hydrogens (primary N) is 1. The van der Waals surface area contributed by atoms with Crippen molar-refractivity contribution in [1.82, 2.24) is 5.32 Å². The summed E-state index contributed by atoms with van der Waals surface area (Å²) in [6.07, 6.45) is 0.603. The fourth-order valence-electron chi connectivity index (χ4n) is 1.90. The second kappa shape index (κ2) is 7.17. The van der Waals surface area contributed by atoms with Crippen LogP contribution in [0.2, 0.25) is 0 Å². The van der Waals surface area contributed by atoms with Gasteiger partial charge in [-0.2, -0.15) is 0 Å². The van der Waals surface area contributed by atoms with E-state index in [-0.39, 0.29) is 5.91 Å². The first-order valence-corrected chi connectivity index (χ1v) is 6.70. The molecule has 6 nitrogen and oxygen atoms in total. The van der Waals surface area contributed by atoms with E-state index in [2.05, 4.69) is 5.32 Å². The van der Waals surface area contributed by atoms with E-state index in [1.54, 1.807) is 35.2 Å². The predicted octanol–water partition coefficient (Wildman–Crippen LogP) is 1.11. The van der Waals surface area contributed by atoms with E-state index < -0.39 is 5.54 Å². The second-order valence-corrected chi connectivity index (χ2v) is 5.22. The van der Waals surface area contributed by atoms with Gasteiger partial charge in [0.15, 0.2) is 11.5 Å². The lowest BCUT2D eigenvalue weighted by Gasteiger charge is -2.19. The van der Waals surface area contributed by atoms with Crippen molar-refractivity contribution < 1.29 is 19.0 Å². The third-order valence-corrected chi connectivity index (χ3v) is 3.05. The molecule has 0 unspecified atom stereocenters. The number of amides is 1.